The van der Waals surface area contributed by atoms with Crippen molar-refractivity contribution >= 4 is 5.97 Å². The molecule has 0 saturated carbocycles. The zero-order chi connectivity index (χ0) is 39.4. The highest BCUT2D eigenvalue weighted by Crippen LogP contribution is 2.29. The summed E-state index contributed by atoms with van der Waals surface area (Å²) in [5.41, 5.74) is 10.5. The highest BCUT2D eigenvalue weighted by molar-refractivity contribution is 5.72. The van der Waals surface area contributed by atoms with Crippen LogP contribution < -0.4 is 16.2 Å². The summed E-state index contributed by atoms with van der Waals surface area (Å²) < 4.78 is 114. The smallest absolute Gasteiger partial charge is 0.313 e. The monoisotopic (exact) mass is 779 g/mol. The molecule has 0 heterocycles. The third-order valence-corrected chi connectivity index (χ3v) is 6.74. The van der Waals surface area contributed by atoms with Crippen molar-refractivity contribution in [3.8, 4) is 5.75 Å². The molecule has 53 heavy (non-hydrogen) atoms. The molecule has 0 atom stereocenters. The highest BCUT2D eigenvalue weighted by Gasteiger charge is 2.28. The first kappa shape index (κ1) is 50.9. The van der Waals surface area contributed by atoms with Crippen LogP contribution in [-0.4, -0.2) is 149 Å². The van der Waals surface area contributed by atoms with E-state index in [4.69, 9.17) is 49.4 Å². The Bertz CT molecular complexity index is 991. The lowest BCUT2D eigenvalue weighted by Gasteiger charge is -2.22. The lowest BCUT2D eigenvalue weighted by atomic mass is 10.2. The SMILES string of the molecule is CCCCCOCCN(CCOCCOCCOCCN)CCOCCOCCOCCC(=O)Oc1c(F)c(F)c(F)c(F)c1F.CCCOCCN. The van der Waals surface area contributed by atoms with Crippen molar-refractivity contribution in [3.05, 3.63) is 29.1 Å². The minimum Gasteiger partial charge on any atom is -0.420 e. The van der Waals surface area contributed by atoms with Gasteiger partial charge in [-0.1, -0.05) is 26.7 Å². The van der Waals surface area contributed by atoms with Crippen LogP contribution in [0.25, 0.3) is 0 Å². The maximum atomic E-state index is 13.6. The summed E-state index contributed by atoms with van der Waals surface area (Å²) in [6.45, 7) is 14.6. The molecule has 0 aliphatic rings. The quantitative estimate of drug-likeness (QED) is 0.0258. The molecule has 18 heteroatoms. The Morgan fingerprint density at radius 3 is 1.28 bits per heavy atom. The van der Waals surface area contributed by atoms with Gasteiger partial charge in [-0.15, -0.1) is 0 Å². The standard InChI is InChI=1S/C30H49F5N2O9.C5H13NO/c1-2-3-4-10-39-13-7-37(9-15-43-19-23-45-21-17-41-12-6-36)8-14-42-18-22-44-20-16-40-11-5-24(38)46-30-28(34)26(32)25(31)27(33)29(30)35;1-2-4-7-5-3-6/h2-23,36H2,1H3;2-6H2,1H3. The Morgan fingerprint density at radius 2 is 0.849 bits per heavy atom. The van der Waals surface area contributed by atoms with Crippen molar-refractivity contribution in [1.29, 1.82) is 0 Å². The van der Waals surface area contributed by atoms with Crippen molar-refractivity contribution in [3.63, 3.8) is 0 Å². The summed E-state index contributed by atoms with van der Waals surface area (Å²) in [4.78, 5) is 13.9. The van der Waals surface area contributed by atoms with E-state index in [1.807, 2.05) is 0 Å². The Hall–Kier alpha value is -2.10. The lowest BCUT2D eigenvalue weighted by Crippen LogP contribution is -2.34. The van der Waals surface area contributed by atoms with Gasteiger partial charge in [-0.25, -0.2) is 13.2 Å². The second-order valence-corrected chi connectivity index (χ2v) is 11.1. The second kappa shape index (κ2) is 36.9. The van der Waals surface area contributed by atoms with Crippen LogP contribution in [0.2, 0.25) is 0 Å². The molecule has 0 saturated heterocycles. The first-order valence-electron chi connectivity index (χ1n) is 18.2. The number of benzene rings is 1. The van der Waals surface area contributed by atoms with Crippen LogP contribution in [-0.2, 0) is 42.7 Å². The van der Waals surface area contributed by atoms with Crippen LogP contribution in [0.15, 0.2) is 0 Å². The molecular weight excluding hydrogens is 717 g/mol. The predicted octanol–water partition coefficient (Wildman–Crippen LogP) is 3.62. The summed E-state index contributed by atoms with van der Waals surface area (Å²) in [7, 11) is 0. The number of ether oxygens (including phenoxy) is 9. The third kappa shape index (κ3) is 28.0. The van der Waals surface area contributed by atoms with Crippen molar-refractivity contribution < 1.29 is 69.4 Å². The van der Waals surface area contributed by atoms with Crippen LogP contribution in [0, 0.1) is 29.1 Å². The van der Waals surface area contributed by atoms with Gasteiger partial charge in [0.25, 0.3) is 0 Å². The minimum absolute atomic E-state index is 0.0922. The average Bonchev–Trinajstić information content (AvgIpc) is 3.16. The predicted molar refractivity (Wildman–Crippen MR) is 187 cm³/mol. The van der Waals surface area contributed by atoms with E-state index in [9.17, 15) is 26.7 Å². The second-order valence-electron chi connectivity index (χ2n) is 11.1. The van der Waals surface area contributed by atoms with Crippen molar-refractivity contribution in [2.75, 3.05) is 138 Å². The molecule has 0 fully saturated rings. The average molecular weight is 780 g/mol. The normalized spacial score (nSPS) is 11.3. The number of esters is 1. The molecule has 4 N–H and O–H groups in total. The zero-order valence-corrected chi connectivity index (χ0v) is 31.5. The number of carbonyl (C=O) groups is 1. The van der Waals surface area contributed by atoms with Gasteiger partial charge in [0.1, 0.15) is 0 Å². The molecule has 0 bridgehead atoms. The molecule has 1 rings (SSSR count). The number of nitrogens with two attached hydrogens (primary N) is 2. The first-order chi connectivity index (χ1) is 25.7. The van der Waals surface area contributed by atoms with Gasteiger partial charge in [0.05, 0.1) is 98.9 Å². The van der Waals surface area contributed by atoms with Crippen molar-refractivity contribution in [2.45, 2.75) is 46.0 Å². The number of hydrogen-bond donors (Lipinski definition) is 2. The third-order valence-electron chi connectivity index (χ3n) is 6.74. The maximum Gasteiger partial charge on any atom is 0.313 e. The van der Waals surface area contributed by atoms with Crippen LogP contribution in [0.1, 0.15) is 46.0 Å². The van der Waals surface area contributed by atoms with E-state index < -0.39 is 47.2 Å². The lowest BCUT2D eigenvalue weighted by molar-refractivity contribution is -0.136. The summed E-state index contributed by atoms with van der Waals surface area (Å²) in [6, 6.07) is 0. The fourth-order valence-electron chi connectivity index (χ4n) is 3.96. The van der Waals surface area contributed by atoms with Crippen LogP contribution in [0.4, 0.5) is 22.0 Å². The van der Waals surface area contributed by atoms with Gasteiger partial charge < -0.3 is 54.1 Å². The fraction of sp³-hybridized carbons (Fsp3) is 0.800. The van der Waals surface area contributed by atoms with Gasteiger partial charge in [-0.2, -0.15) is 8.78 Å². The van der Waals surface area contributed by atoms with E-state index in [-0.39, 0.29) is 19.8 Å². The van der Waals surface area contributed by atoms with Gasteiger partial charge in [0.15, 0.2) is 0 Å². The number of hydrogen-bond acceptors (Lipinski definition) is 13. The maximum absolute atomic E-state index is 13.6. The molecule has 0 spiro atoms. The van der Waals surface area contributed by atoms with Gasteiger partial charge in [-0.3, -0.25) is 9.69 Å². The Labute approximate surface area is 310 Å². The number of carbonyl (C=O) groups excluding carboxylic acids is 1. The van der Waals surface area contributed by atoms with E-state index >= 15 is 0 Å². The Kier molecular flexibility index (Phi) is 35.4. The molecule has 312 valence electrons. The van der Waals surface area contributed by atoms with Crippen molar-refractivity contribution in [2.24, 2.45) is 11.5 Å². The summed E-state index contributed by atoms with van der Waals surface area (Å²) in [5, 5.41) is 0. The van der Waals surface area contributed by atoms with Gasteiger partial charge in [0.2, 0.25) is 34.8 Å². The van der Waals surface area contributed by atoms with Gasteiger partial charge in [-0.05, 0) is 12.8 Å². The molecule has 0 aliphatic heterocycles. The molecule has 0 amide bonds. The fourth-order valence-corrected chi connectivity index (χ4v) is 3.96. The van der Waals surface area contributed by atoms with E-state index in [2.05, 4.69) is 23.5 Å². The Morgan fingerprint density at radius 1 is 0.472 bits per heavy atom. The van der Waals surface area contributed by atoms with E-state index in [1.54, 1.807) is 0 Å². The molecule has 13 nitrogen and oxygen atoms in total. The minimum atomic E-state index is -2.34. The molecule has 0 aromatic heterocycles. The van der Waals surface area contributed by atoms with Crippen LogP contribution >= 0.6 is 0 Å². The number of unbranched alkanes of at least 4 members (excludes halogenated alkanes) is 2. The molecule has 0 unspecified atom stereocenters. The van der Waals surface area contributed by atoms with E-state index in [1.165, 1.54) is 0 Å². The summed E-state index contributed by atoms with van der Waals surface area (Å²) in [6.07, 6.45) is 3.93. The Balaban J connectivity index is 0.00000348. The first-order valence-corrected chi connectivity index (χ1v) is 18.2. The summed E-state index contributed by atoms with van der Waals surface area (Å²) in [5.74, 6) is -14.1. The van der Waals surface area contributed by atoms with Crippen LogP contribution in [0.3, 0.4) is 0 Å². The molecular formula is C35H62F5N3O10. The molecule has 0 radical (unpaired) electrons. The molecule has 1 aromatic rings. The van der Waals surface area contributed by atoms with Gasteiger partial charge in [0, 0.05) is 45.9 Å². The number of nitrogens with zero attached hydrogens (tertiary/aromatic N) is 1. The van der Waals surface area contributed by atoms with Crippen molar-refractivity contribution in [1.82, 2.24) is 4.90 Å². The molecule has 0 aliphatic carbocycles. The highest BCUT2D eigenvalue weighted by atomic mass is 19.2. The van der Waals surface area contributed by atoms with E-state index in [0.717, 1.165) is 45.4 Å². The summed E-state index contributed by atoms with van der Waals surface area (Å²) >= 11 is 0. The largest absolute Gasteiger partial charge is 0.420 e. The topological polar surface area (TPSA) is 155 Å². The number of halogens is 5. The van der Waals surface area contributed by atoms with E-state index in [0.29, 0.717) is 98.9 Å². The number of rotatable bonds is 35. The zero-order valence-electron chi connectivity index (χ0n) is 31.5. The van der Waals surface area contributed by atoms with Gasteiger partial charge >= 0.3 is 5.97 Å². The van der Waals surface area contributed by atoms with Crippen LogP contribution in [0.5, 0.6) is 5.75 Å². The molecule has 1 aromatic carbocycles.